The van der Waals surface area contributed by atoms with Gasteiger partial charge in [-0.15, -0.1) is 0 Å². The van der Waals surface area contributed by atoms with E-state index in [1.54, 1.807) is 18.3 Å². The Balaban J connectivity index is 1.49. The molecule has 0 bridgehead atoms. The highest BCUT2D eigenvalue weighted by atomic mass is 16.5. The predicted octanol–water partition coefficient (Wildman–Crippen LogP) is 3.55. The summed E-state index contributed by atoms with van der Waals surface area (Å²) in [4.78, 5) is 6.95. The van der Waals surface area contributed by atoms with Gasteiger partial charge in [0.15, 0.2) is 11.5 Å². The fraction of sp³-hybridized carbons (Fsp3) is 0.167. The van der Waals surface area contributed by atoms with Crippen LogP contribution in [0.3, 0.4) is 0 Å². The average molecular weight is 423 g/mol. The summed E-state index contributed by atoms with van der Waals surface area (Å²) in [5.41, 5.74) is 7.09. The molecule has 2 aromatic carbocycles. The van der Waals surface area contributed by atoms with Gasteiger partial charge in [0.05, 0.1) is 36.8 Å². The van der Waals surface area contributed by atoms with Gasteiger partial charge < -0.3 is 9.64 Å². The molecule has 0 radical (unpaired) electrons. The van der Waals surface area contributed by atoms with E-state index in [9.17, 15) is 0 Å². The van der Waals surface area contributed by atoms with Crippen LogP contribution >= 0.6 is 0 Å². The lowest BCUT2D eigenvalue weighted by molar-refractivity contribution is 0.122. The number of hydrogen-bond acceptors (Lipinski definition) is 7. The number of anilines is 2. The van der Waals surface area contributed by atoms with E-state index < -0.39 is 0 Å². The van der Waals surface area contributed by atoms with Gasteiger partial charge in [-0.25, -0.2) is 4.98 Å². The topological polar surface area (TPSA) is 90.8 Å². The van der Waals surface area contributed by atoms with Gasteiger partial charge in [0.2, 0.25) is 0 Å². The van der Waals surface area contributed by atoms with E-state index in [0.717, 1.165) is 41.4 Å². The molecule has 32 heavy (non-hydrogen) atoms. The van der Waals surface area contributed by atoms with Crippen LogP contribution in [0.4, 0.5) is 11.6 Å². The van der Waals surface area contributed by atoms with Crippen molar-refractivity contribution < 1.29 is 4.74 Å². The quantitative estimate of drug-likeness (QED) is 0.390. The molecule has 0 spiro atoms. The van der Waals surface area contributed by atoms with Crippen LogP contribution in [0.2, 0.25) is 0 Å². The lowest BCUT2D eigenvalue weighted by Crippen LogP contribution is -2.37. The highest BCUT2D eigenvalue weighted by molar-refractivity contribution is 5.80. The molecule has 4 aromatic rings. The molecule has 1 aliphatic rings. The maximum atomic E-state index is 9.06. The summed E-state index contributed by atoms with van der Waals surface area (Å²) in [6, 6.07) is 23.4. The second-order valence-corrected chi connectivity index (χ2v) is 7.37. The van der Waals surface area contributed by atoms with Crippen LogP contribution in [0.25, 0.3) is 16.9 Å². The van der Waals surface area contributed by atoms with Crippen molar-refractivity contribution in [1.82, 2.24) is 14.6 Å². The van der Waals surface area contributed by atoms with E-state index in [2.05, 4.69) is 21.5 Å². The number of aromatic nitrogens is 3. The zero-order valence-corrected chi connectivity index (χ0v) is 17.3. The van der Waals surface area contributed by atoms with Crippen LogP contribution in [-0.4, -0.2) is 47.1 Å². The summed E-state index contributed by atoms with van der Waals surface area (Å²) >= 11 is 0. The number of hydrogen-bond donors (Lipinski definition) is 1. The van der Waals surface area contributed by atoms with Gasteiger partial charge in [0.25, 0.3) is 0 Å². The van der Waals surface area contributed by atoms with E-state index in [0.29, 0.717) is 24.6 Å². The van der Waals surface area contributed by atoms with Gasteiger partial charge in [-0.2, -0.15) is 20.0 Å². The van der Waals surface area contributed by atoms with Gasteiger partial charge in [0, 0.05) is 30.8 Å². The predicted molar refractivity (Wildman–Crippen MR) is 124 cm³/mol. The Hall–Kier alpha value is -4.22. The minimum atomic E-state index is 0.593. The van der Waals surface area contributed by atoms with Gasteiger partial charge >= 0.3 is 0 Å². The maximum absolute atomic E-state index is 9.06. The van der Waals surface area contributed by atoms with Gasteiger partial charge in [-0.3, -0.25) is 5.43 Å². The number of fused-ring (bicyclic) bond motifs is 1. The molecule has 8 nitrogen and oxygen atoms in total. The maximum Gasteiger partial charge on any atom is 0.160 e. The molecule has 0 amide bonds. The molecule has 0 aliphatic carbocycles. The van der Waals surface area contributed by atoms with Crippen LogP contribution in [0.15, 0.2) is 71.8 Å². The van der Waals surface area contributed by atoms with Crippen molar-refractivity contribution in [2.45, 2.75) is 0 Å². The number of hydrazone groups is 1. The largest absolute Gasteiger partial charge is 0.378 e. The molecule has 8 heteroatoms. The first-order valence-electron chi connectivity index (χ1n) is 10.4. The zero-order valence-electron chi connectivity index (χ0n) is 17.3. The fourth-order valence-electron chi connectivity index (χ4n) is 3.65. The van der Waals surface area contributed by atoms with Crippen LogP contribution in [0.5, 0.6) is 0 Å². The summed E-state index contributed by atoms with van der Waals surface area (Å²) in [5.74, 6) is 1.55. The lowest BCUT2D eigenvalue weighted by Gasteiger charge is -2.29. The average Bonchev–Trinajstić information content (AvgIpc) is 3.29. The summed E-state index contributed by atoms with van der Waals surface area (Å²) in [7, 11) is 0. The molecule has 1 aliphatic heterocycles. The number of benzene rings is 2. The molecule has 158 valence electrons. The first kappa shape index (κ1) is 19.7. The van der Waals surface area contributed by atoms with E-state index >= 15 is 0 Å². The highest BCUT2D eigenvalue weighted by Crippen LogP contribution is 2.25. The van der Waals surface area contributed by atoms with E-state index in [1.165, 1.54) is 0 Å². The normalized spacial score (nSPS) is 14.0. The Morgan fingerprint density at radius 3 is 2.69 bits per heavy atom. The SMILES string of the molecule is N#Cc1cccc(C=NNc2cc(N3CCOCC3)n3nc(-c4ccccc4)cc3n2)c1. The van der Waals surface area contributed by atoms with E-state index in [4.69, 9.17) is 20.1 Å². The molecule has 1 fully saturated rings. The number of nitriles is 1. The Labute approximate surface area is 185 Å². The third-order valence-corrected chi connectivity index (χ3v) is 5.22. The second kappa shape index (κ2) is 8.88. The summed E-state index contributed by atoms with van der Waals surface area (Å²) < 4.78 is 7.40. The Morgan fingerprint density at radius 1 is 1.03 bits per heavy atom. The Bertz CT molecular complexity index is 1300. The summed E-state index contributed by atoms with van der Waals surface area (Å²) in [5, 5.41) is 18.2. The van der Waals surface area contributed by atoms with E-state index in [1.807, 2.05) is 59.1 Å². The van der Waals surface area contributed by atoms with Crippen LogP contribution < -0.4 is 10.3 Å². The van der Waals surface area contributed by atoms with Gasteiger partial charge in [-0.05, 0) is 17.7 Å². The minimum Gasteiger partial charge on any atom is -0.378 e. The third kappa shape index (κ3) is 4.15. The van der Waals surface area contributed by atoms with Crippen molar-refractivity contribution in [2.75, 3.05) is 36.6 Å². The fourth-order valence-corrected chi connectivity index (χ4v) is 3.65. The molecular formula is C24H21N7O. The first-order chi connectivity index (χ1) is 15.8. The van der Waals surface area contributed by atoms with Crippen molar-refractivity contribution >= 4 is 23.5 Å². The smallest absolute Gasteiger partial charge is 0.160 e. The molecular weight excluding hydrogens is 402 g/mol. The molecule has 1 N–H and O–H groups in total. The van der Waals surface area contributed by atoms with Crippen molar-refractivity contribution in [1.29, 1.82) is 5.26 Å². The molecule has 2 aromatic heterocycles. The Kier molecular flexibility index (Phi) is 5.47. The zero-order chi connectivity index (χ0) is 21.8. The summed E-state index contributed by atoms with van der Waals surface area (Å²) in [6.07, 6.45) is 1.67. The number of rotatable bonds is 5. The summed E-state index contributed by atoms with van der Waals surface area (Å²) in [6.45, 7) is 2.91. The third-order valence-electron chi connectivity index (χ3n) is 5.22. The van der Waals surface area contributed by atoms with Crippen LogP contribution in [0, 0.1) is 11.3 Å². The van der Waals surface area contributed by atoms with Crippen molar-refractivity contribution in [3.63, 3.8) is 0 Å². The van der Waals surface area contributed by atoms with Crippen molar-refractivity contribution in [2.24, 2.45) is 5.10 Å². The number of nitrogens with zero attached hydrogens (tertiary/aromatic N) is 6. The van der Waals surface area contributed by atoms with Crippen molar-refractivity contribution in [3.05, 3.63) is 77.9 Å². The van der Waals surface area contributed by atoms with Gasteiger partial charge in [0.1, 0.15) is 5.82 Å². The molecule has 0 unspecified atom stereocenters. The second-order valence-electron chi connectivity index (χ2n) is 7.37. The Morgan fingerprint density at radius 2 is 1.88 bits per heavy atom. The molecule has 0 saturated carbocycles. The molecule has 0 atom stereocenters. The molecule has 5 rings (SSSR count). The van der Waals surface area contributed by atoms with Gasteiger partial charge in [-0.1, -0.05) is 42.5 Å². The van der Waals surface area contributed by atoms with Crippen LogP contribution in [-0.2, 0) is 4.74 Å². The minimum absolute atomic E-state index is 0.593. The molecule has 3 heterocycles. The monoisotopic (exact) mass is 423 g/mol. The highest BCUT2D eigenvalue weighted by Gasteiger charge is 2.18. The number of morpholine rings is 1. The van der Waals surface area contributed by atoms with E-state index in [-0.39, 0.29) is 0 Å². The molecule has 1 saturated heterocycles. The lowest BCUT2D eigenvalue weighted by atomic mass is 10.1. The van der Waals surface area contributed by atoms with Crippen LogP contribution in [0.1, 0.15) is 11.1 Å². The number of nitrogens with one attached hydrogen (secondary N) is 1. The standard InChI is InChI=1S/C24H21N7O/c25-16-18-5-4-6-19(13-18)17-26-28-22-15-24(30-9-11-32-12-10-30)31-23(27-22)14-21(29-31)20-7-2-1-3-8-20/h1-8,13-15,17H,9-12H2,(H,27,28). The van der Waals surface area contributed by atoms with Crippen molar-refractivity contribution in [3.8, 4) is 17.3 Å². The number of ether oxygens (including phenoxy) is 1. The first-order valence-corrected chi connectivity index (χ1v) is 10.4.